The lowest BCUT2D eigenvalue weighted by Gasteiger charge is -2.11. The number of H-pyrrole nitrogens is 1. The van der Waals surface area contributed by atoms with Crippen molar-refractivity contribution >= 4 is 52.4 Å². The molecule has 0 unspecified atom stereocenters. The molecule has 0 aliphatic heterocycles. The first-order valence-corrected chi connectivity index (χ1v) is 8.65. The van der Waals surface area contributed by atoms with Crippen molar-refractivity contribution in [2.45, 2.75) is 19.9 Å². The van der Waals surface area contributed by atoms with E-state index in [4.69, 9.17) is 11.6 Å². The monoisotopic (exact) mass is 487 g/mol. The number of nitrogens with one attached hydrogen (secondary N) is 3. The zero-order valence-electron chi connectivity index (χ0n) is 14.8. The van der Waals surface area contributed by atoms with E-state index < -0.39 is 0 Å². The molecule has 140 valence electrons. The molecule has 0 aliphatic rings. The minimum atomic E-state index is 0. The highest BCUT2D eigenvalue weighted by atomic mass is 127. The van der Waals surface area contributed by atoms with Gasteiger partial charge in [0.05, 0.1) is 0 Å². The van der Waals surface area contributed by atoms with E-state index in [2.05, 4.69) is 30.7 Å². The molecule has 9 heteroatoms. The lowest BCUT2D eigenvalue weighted by atomic mass is 10.1. The first-order valence-electron chi connectivity index (χ1n) is 8.28. The average Bonchev–Trinajstić information content (AvgIpc) is 3.19. The van der Waals surface area contributed by atoms with Gasteiger partial charge in [-0.05, 0) is 37.1 Å². The quantitative estimate of drug-likeness (QED) is 0.284. The van der Waals surface area contributed by atoms with Crippen molar-refractivity contribution in [2.75, 3.05) is 13.1 Å². The van der Waals surface area contributed by atoms with Crippen LogP contribution in [0.5, 0.6) is 0 Å². The smallest absolute Gasteiger partial charge is 0.191 e. The van der Waals surface area contributed by atoms with Gasteiger partial charge in [0.1, 0.15) is 18.7 Å². The standard InChI is InChI=1S/C17H22ClN7.HI/c1-3-19-17(22-10-16-23-11-24-25(16)2)20-7-6-12-9-21-15-5-4-13(18)8-14(12)15;/h4-5,8-9,11,21H,3,6-7,10H2,1-2H3,(H2,19,20,22);1H. The van der Waals surface area contributed by atoms with Crippen molar-refractivity contribution in [2.24, 2.45) is 12.0 Å². The lowest BCUT2D eigenvalue weighted by Crippen LogP contribution is -2.38. The second-order valence-electron chi connectivity index (χ2n) is 5.68. The van der Waals surface area contributed by atoms with Crippen LogP contribution in [0.3, 0.4) is 0 Å². The third-order valence-corrected chi connectivity index (χ3v) is 4.18. The van der Waals surface area contributed by atoms with Crippen LogP contribution in [0.25, 0.3) is 10.9 Å². The van der Waals surface area contributed by atoms with Crippen LogP contribution in [-0.4, -0.2) is 38.8 Å². The van der Waals surface area contributed by atoms with Gasteiger partial charge in [-0.15, -0.1) is 24.0 Å². The Morgan fingerprint density at radius 1 is 1.35 bits per heavy atom. The van der Waals surface area contributed by atoms with Crippen molar-refractivity contribution in [3.8, 4) is 0 Å². The Morgan fingerprint density at radius 3 is 2.92 bits per heavy atom. The fraction of sp³-hybridized carbons (Fsp3) is 0.353. The SMILES string of the molecule is CCNC(=NCc1ncnn1C)NCCc1c[nH]c2ccc(Cl)cc12.I. The molecule has 3 rings (SSSR count). The van der Waals surface area contributed by atoms with Crippen LogP contribution >= 0.6 is 35.6 Å². The fourth-order valence-electron chi connectivity index (χ4n) is 2.63. The topological polar surface area (TPSA) is 82.9 Å². The van der Waals surface area contributed by atoms with Gasteiger partial charge in [-0.25, -0.2) is 9.98 Å². The van der Waals surface area contributed by atoms with Crippen LogP contribution in [0.15, 0.2) is 35.7 Å². The Bertz CT molecular complexity index is 871. The van der Waals surface area contributed by atoms with Crippen LogP contribution in [0, 0.1) is 0 Å². The molecule has 7 nitrogen and oxygen atoms in total. The van der Waals surface area contributed by atoms with Crippen LogP contribution in [0.2, 0.25) is 5.02 Å². The maximum Gasteiger partial charge on any atom is 0.191 e. The summed E-state index contributed by atoms with van der Waals surface area (Å²) in [6.07, 6.45) is 4.44. The van der Waals surface area contributed by atoms with E-state index in [0.29, 0.717) is 6.54 Å². The number of nitrogens with zero attached hydrogens (tertiary/aromatic N) is 4. The number of aromatic nitrogens is 4. The molecule has 0 spiro atoms. The van der Waals surface area contributed by atoms with Crippen LogP contribution in [0.4, 0.5) is 0 Å². The molecular formula is C17H23ClIN7. The molecule has 0 aliphatic carbocycles. The van der Waals surface area contributed by atoms with E-state index in [1.807, 2.05) is 38.4 Å². The molecule has 0 amide bonds. The summed E-state index contributed by atoms with van der Waals surface area (Å²) in [5.74, 6) is 1.59. The van der Waals surface area contributed by atoms with Gasteiger partial charge < -0.3 is 15.6 Å². The molecule has 0 saturated heterocycles. The molecule has 0 radical (unpaired) electrons. The Morgan fingerprint density at radius 2 is 2.19 bits per heavy atom. The van der Waals surface area contributed by atoms with Gasteiger partial charge in [0.15, 0.2) is 5.96 Å². The van der Waals surface area contributed by atoms with Crippen molar-refractivity contribution < 1.29 is 0 Å². The van der Waals surface area contributed by atoms with E-state index in [0.717, 1.165) is 47.2 Å². The average molecular weight is 488 g/mol. The zero-order chi connectivity index (χ0) is 17.6. The Labute approximate surface area is 174 Å². The Hall–Kier alpha value is -1.81. The molecular weight excluding hydrogens is 465 g/mol. The summed E-state index contributed by atoms with van der Waals surface area (Å²) in [6.45, 7) is 4.09. The summed E-state index contributed by atoms with van der Waals surface area (Å²) in [4.78, 5) is 12.0. The first kappa shape index (κ1) is 20.5. The van der Waals surface area contributed by atoms with Crippen molar-refractivity contribution in [3.63, 3.8) is 0 Å². The number of aryl methyl sites for hydroxylation is 1. The van der Waals surface area contributed by atoms with Crippen molar-refractivity contribution in [1.82, 2.24) is 30.4 Å². The van der Waals surface area contributed by atoms with Crippen LogP contribution in [-0.2, 0) is 20.0 Å². The molecule has 3 aromatic rings. The summed E-state index contributed by atoms with van der Waals surface area (Å²) in [7, 11) is 1.86. The summed E-state index contributed by atoms with van der Waals surface area (Å²) >= 11 is 6.10. The lowest BCUT2D eigenvalue weighted by molar-refractivity contribution is 0.697. The van der Waals surface area contributed by atoms with E-state index in [9.17, 15) is 0 Å². The third-order valence-electron chi connectivity index (χ3n) is 3.94. The molecule has 0 saturated carbocycles. The maximum absolute atomic E-state index is 6.10. The van der Waals surface area contributed by atoms with E-state index >= 15 is 0 Å². The van der Waals surface area contributed by atoms with Gasteiger partial charge in [0, 0.05) is 42.3 Å². The predicted octanol–water partition coefficient (Wildman–Crippen LogP) is 2.87. The predicted molar refractivity (Wildman–Crippen MR) is 116 cm³/mol. The van der Waals surface area contributed by atoms with Gasteiger partial charge >= 0.3 is 0 Å². The molecule has 1 aromatic carbocycles. The number of aliphatic imine (C=N–C) groups is 1. The number of halogens is 2. The number of hydrogen-bond donors (Lipinski definition) is 3. The molecule has 0 fully saturated rings. The fourth-order valence-corrected chi connectivity index (χ4v) is 2.80. The number of aromatic amines is 1. The molecule has 2 heterocycles. The zero-order valence-corrected chi connectivity index (χ0v) is 17.9. The highest BCUT2D eigenvalue weighted by Crippen LogP contribution is 2.22. The normalized spacial score (nSPS) is 11.4. The maximum atomic E-state index is 6.10. The summed E-state index contributed by atoms with van der Waals surface area (Å²) in [5, 5.41) is 12.6. The van der Waals surface area contributed by atoms with Gasteiger partial charge in [0.2, 0.25) is 0 Å². The molecule has 3 N–H and O–H groups in total. The molecule has 26 heavy (non-hydrogen) atoms. The second-order valence-corrected chi connectivity index (χ2v) is 6.11. The largest absolute Gasteiger partial charge is 0.361 e. The van der Waals surface area contributed by atoms with Crippen LogP contribution < -0.4 is 10.6 Å². The highest BCUT2D eigenvalue weighted by molar-refractivity contribution is 14.0. The molecule has 0 bridgehead atoms. The Kier molecular flexibility index (Phi) is 7.70. The molecule has 2 aromatic heterocycles. The highest BCUT2D eigenvalue weighted by Gasteiger charge is 2.05. The van der Waals surface area contributed by atoms with E-state index in [1.54, 1.807) is 4.68 Å². The van der Waals surface area contributed by atoms with E-state index in [1.165, 1.54) is 11.9 Å². The van der Waals surface area contributed by atoms with E-state index in [-0.39, 0.29) is 24.0 Å². The van der Waals surface area contributed by atoms with Gasteiger partial charge in [-0.3, -0.25) is 4.68 Å². The van der Waals surface area contributed by atoms with Gasteiger partial charge in [-0.1, -0.05) is 11.6 Å². The summed E-state index contributed by atoms with van der Waals surface area (Å²) < 4.78 is 1.72. The van der Waals surface area contributed by atoms with Gasteiger partial charge in [-0.2, -0.15) is 5.10 Å². The number of hydrogen-bond acceptors (Lipinski definition) is 3. The summed E-state index contributed by atoms with van der Waals surface area (Å²) in [5.41, 5.74) is 2.33. The number of guanidine groups is 1. The van der Waals surface area contributed by atoms with Crippen molar-refractivity contribution in [1.29, 1.82) is 0 Å². The number of fused-ring (bicyclic) bond motifs is 1. The van der Waals surface area contributed by atoms with Gasteiger partial charge in [0.25, 0.3) is 0 Å². The van der Waals surface area contributed by atoms with Crippen LogP contribution in [0.1, 0.15) is 18.3 Å². The first-order chi connectivity index (χ1) is 12.2. The summed E-state index contributed by atoms with van der Waals surface area (Å²) in [6, 6.07) is 5.89. The second kappa shape index (κ2) is 9.77. The number of rotatable bonds is 6. The Balaban J connectivity index is 0.00000243. The van der Waals surface area contributed by atoms with Crippen molar-refractivity contribution in [3.05, 3.63) is 47.1 Å². The minimum absolute atomic E-state index is 0. The molecule has 0 atom stereocenters. The minimum Gasteiger partial charge on any atom is -0.361 e. The number of benzene rings is 1. The third kappa shape index (κ3) is 5.10.